The van der Waals surface area contributed by atoms with Crippen LogP contribution in [0.15, 0.2) is 60.7 Å². The van der Waals surface area contributed by atoms with Crippen LogP contribution in [0.3, 0.4) is 0 Å². The van der Waals surface area contributed by atoms with Gasteiger partial charge in [0.1, 0.15) is 25.3 Å². The van der Waals surface area contributed by atoms with Gasteiger partial charge in [-0.2, -0.15) is 0 Å². The number of ether oxygens (including phenoxy) is 4. The summed E-state index contributed by atoms with van der Waals surface area (Å²) in [7, 11) is 3.00. The SMILES string of the molecule is COCCOC(=O)[C@@H](Cc1ccccc1)NC(=O)N[C@H](Cc1ccccc1)C(=O)OCCOC. The first kappa shape index (κ1) is 26.8. The predicted octanol–water partition coefficient (Wildman–Crippen LogP) is 1.89. The lowest BCUT2D eigenvalue weighted by Crippen LogP contribution is -2.53. The molecule has 0 radical (unpaired) electrons. The van der Waals surface area contributed by atoms with Gasteiger partial charge in [-0.3, -0.25) is 0 Å². The molecular formula is C25H32N2O7. The monoisotopic (exact) mass is 472 g/mol. The molecule has 0 unspecified atom stereocenters. The fourth-order valence-electron chi connectivity index (χ4n) is 3.10. The van der Waals surface area contributed by atoms with Gasteiger partial charge in [0.05, 0.1) is 13.2 Å². The van der Waals surface area contributed by atoms with Gasteiger partial charge in [-0.05, 0) is 11.1 Å². The summed E-state index contributed by atoms with van der Waals surface area (Å²) in [6, 6.07) is 15.9. The van der Waals surface area contributed by atoms with Crippen LogP contribution < -0.4 is 10.6 Å². The average molecular weight is 473 g/mol. The molecule has 0 fully saturated rings. The molecule has 0 heterocycles. The number of benzene rings is 2. The molecule has 0 aliphatic rings. The van der Waals surface area contributed by atoms with Gasteiger partial charge in [-0.15, -0.1) is 0 Å². The molecule has 9 heteroatoms. The minimum atomic E-state index is -0.957. The lowest BCUT2D eigenvalue weighted by Gasteiger charge is -2.22. The third-order valence-corrected chi connectivity index (χ3v) is 4.81. The molecule has 2 N–H and O–H groups in total. The molecule has 0 saturated carbocycles. The summed E-state index contributed by atoms with van der Waals surface area (Å²) in [5, 5.41) is 5.27. The van der Waals surface area contributed by atoms with Crippen LogP contribution in [0.2, 0.25) is 0 Å². The largest absolute Gasteiger partial charge is 0.462 e. The van der Waals surface area contributed by atoms with Crippen LogP contribution >= 0.6 is 0 Å². The molecule has 184 valence electrons. The number of methoxy groups -OCH3 is 2. The second-order valence-corrected chi connectivity index (χ2v) is 7.42. The Hall–Kier alpha value is -3.43. The summed E-state index contributed by atoms with van der Waals surface area (Å²) in [5.74, 6) is -1.20. The third-order valence-electron chi connectivity index (χ3n) is 4.81. The van der Waals surface area contributed by atoms with Crippen LogP contribution in [-0.2, 0) is 41.4 Å². The molecule has 9 nitrogen and oxygen atoms in total. The number of carbonyl (C=O) groups excluding carboxylic acids is 3. The Bertz CT molecular complexity index is 806. The molecule has 0 aromatic heterocycles. The van der Waals surface area contributed by atoms with E-state index in [0.29, 0.717) is 0 Å². The van der Waals surface area contributed by atoms with Crippen LogP contribution in [0.1, 0.15) is 11.1 Å². The lowest BCUT2D eigenvalue weighted by atomic mass is 10.1. The Morgan fingerprint density at radius 1 is 0.647 bits per heavy atom. The molecule has 0 saturated heterocycles. The van der Waals surface area contributed by atoms with Gasteiger partial charge in [0.25, 0.3) is 0 Å². The fraction of sp³-hybridized carbons (Fsp3) is 0.400. The molecule has 2 aromatic rings. The predicted molar refractivity (Wildman–Crippen MR) is 125 cm³/mol. The van der Waals surface area contributed by atoms with Gasteiger partial charge in [-0.1, -0.05) is 60.7 Å². The standard InChI is InChI=1S/C25H32N2O7/c1-31-13-15-33-23(28)21(17-19-9-5-3-6-10-19)26-25(30)27-22(24(29)34-16-14-32-2)18-20-11-7-4-8-12-20/h3-12,21-22H,13-18H2,1-2H3,(H2,26,27,30)/t21-,22-/m1/s1. The highest BCUT2D eigenvalue weighted by Crippen LogP contribution is 2.07. The smallest absolute Gasteiger partial charge is 0.329 e. The summed E-state index contributed by atoms with van der Waals surface area (Å²) < 4.78 is 20.3. The van der Waals surface area contributed by atoms with Crippen molar-refractivity contribution in [2.45, 2.75) is 24.9 Å². The van der Waals surface area contributed by atoms with E-state index in [1.54, 1.807) is 0 Å². The van der Waals surface area contributed by atoms with E-state index in [0.717, 1.165) is 11.1 Å². The second-order valence-electron chi connectivity index (χ2n) is 7.42. The molecule has 0 aliphatic heterocycles. The van der Waals surface area contributed by atoms with Gasteiger partial charge >= 0.3 is 18.0 Å². The minimum absolute atomic E-state index is 0.0619. The van der Waals surface area contributed by atoms with Crippen molar-refractivity contribution in [1.29, 1.82) is 0 Å². The number of urea groups is 1. The Morgan fingerprint density at radius 2 is 1.03 bits per heavy atom. The van der Waals surface area contributed by atoms with E-state index in [9.17, 15) is 14.4 Å². The Kier molecular flexibility index (Phi) is 12.2. The van der Waals surface area contributed by atoms with E-state index in [-0.39, 0.29) is 39.3 Å². The molecule has 2 rings (SSSR count). The van der Waals surface area contributed by atoms with Crippen molar-refractivity contribution < 1.29 is 33.3 Å². The number of carbonyl (C=O) groups is 3. The van der Waals surface area contributed by atoms with Crippen molar-refractivity contribution in [1.82, 2.24) is 10.6 Å². The third kappa shape index (κ3) is 10.0. The molecular weight excluding hydrogens is 440 g/mol. The van der Waals surface area contributed by atoms with Gasteiger partial charge in [-0.25, -0.2) is 14.4 Å². The van der Waals surface area contributed by atoms with E-state index in [1.807, 2.05) is 60.7 Å². The fourth-order valence-corrected chi connectivity index (χ4v) is 3.10. The molecule has 34 heavy (non-hydrogen) atoms. The van der Waals surface area contributed by atoms with Crippen LogP contribution in [0, 0.1) is 0 Å². The number of amides is 2. The quantitative estimate of drug-likeness (QED) is 0.319. The van der Waals surface area contributed by atoms with E-state index in [2.05, 4.69) is 10.6 Å². The number of hydrogen-bond donors (Lipinski definition) is 2. The minimum Gasteiger partial charge on any atom is -0.462 e. The normalized spacial score (nSPS) is 12.3. The van der Waals surface area contributed by atoms with Crippen LogP contribution in [0.4, 0.5) is 4.79 Å². The van der Waals surface area contributed by atoms with E-state index in [1.165, 1.54) is 14.2 Å². The summed E-state index contributed by atoms with van der Waals surface area (Å²) in [5.41, 5.74) is 1.69. The Morgan fingerprint density at radius 3 is 1.38 bits per heavy atom. The molecule has 0 spiro atoms. The van der Waals surface area contributed by atoms with Crippen molar-refractivity contribution in [3.63, 3.8) is 0 Å². The maximum Gasteiger partial charge on any atom is 0.329 e. The summed E-state index contributed by atoms with van der Waals surface area (Å²) in [4.78, 5) is 38.1. The number of nitrogens with one attached hydrogen (secondary N) is 2. The molecule has 0 bridgehead atoms. The van der Waals surface area contributed by atoms with Crippen LogP contribution in [-0.4, -0.2) is 70.7 Å². The highest BCUT2D eigenvalue weighted by Gasteiger charge is 2.27. The zero-order valence-electron chi connectivity index (χ0n) is 19.5. The van der Waals surface area contributed by atoms with Crippen LogP contribution in [0.5, 0.6) is 0 Å². The molecule has 2 aromatic carbocycles. The Balaban J connectivity index is 2.08. The molecule has 2 atom stereocenters. The topological polar surface area (TPSA) is 112 Å². The zero-order valence-corrected chi connectivity index (χ0v) is 19.5. The lowest BCUT2D eigenvalue weighted by molar-refractivity contribution is -0.147. The van der Waals surface area contributed by atoms with Gasteiger partial charge in [0.2, 0.25) is 0 Å². The van der Waals surface area contributed by atoms with E-state index < -0.39 is 30.1 Å². The maximum absolute atomic E-state index is 12.8. The first-order chi connectivity index (χ1) is 16.5. The van der Waals surface area contributed by atoms with Crippen molar-refractivity contribution in [2.24, 2.45) is 0 Å². The summed E-state index contributed by atoms with van der Waals surface area (Å²) in [6.45, 7) is 0.601. The summed E-state index contributed by atoms with van der Waals surface area (Å²) >= 11 is 0. The first-order valence-corrected chi connectivity index (χ1v) is 11.0. The van der Waals surface area contributed by atoms with Crippen molar-refractivity contribution >= 4 is 18.0 Å². The van der Waals surface area contributed by atoms with Crippen LogP contribution in [0.25, 0.3) is 0 Å². The summed E-state index contributed by atoms with van der Waals surface area (Å²) in [6.07, 6.45) is 0.448. The number of hydrogen-bond acceptors (Lipinski definition) is 7. The molecule has 0 aliphatic carbocycles. The second kappa shape index (κ2) is 15.4. The van der Waals surface area contributed by atoms with Crippen molar-refractivity contribution in [2.75, 3.05) is 40.6 Å². The van der Waals surface area contributed by atoms with Crippen molar-refractivity contribution in [3.8, 4) is 0 Å². The highest BCUT2D eigenvalue weighted by atomic mass is 16.6. The van der Waals surface area contributed by atoms with Gasteiger partial charge in [0, 0.05) is 27.1 Å². The zero-order chi connectivity index (χ0) is 24.6. The van der Waals surface area contributed by atoms with Gasteiger partial charge in [0.15, 0.2) is 0 Å². The first-order valence-electron chi connectivity index (χ1n) is 11.0. The number of esters is 2. The maximum atomic E-state index is 12.8. The number of rotatable bonds is 14. The van der Waals surface area contributed by atoms with Gasteiger partial charge < -0.3 is 29.6 Å². The van der Waals surface area contributed by atoms with E-state index in [4.69, 9.17) is 18.9 Å². The Labute approximate surface area is 199 Å². The van der Waals surface area contributed by atoms with Crippen molar-refractivity contribution in [3.05, 3.63) is 71.8 Å². The molecule has 2 amide bonds. The highest BCUT2D eigenvalue weighted by molar-refractivity contribution is 5.87. The average Bonchev–Trinajstić information content (AvgIpc) is 2.84. The van der Waals surface area contributed by atoms with E-state index >= 15 is 0 Å².